The van der Waals surface area contributed by atoms with Crippen LogP contribution in [0, 0.1) is 5.92 Å². The third-order valence-corrected chi connectivity index (χ3v) is 4.16. The molecule has 0 bridgehead atoms. The molecule has 2 aromatic heterocycles. The summed E-state index contributed by atoms with van der Waals surface area (Å²) in [6.07, 6.45) is 2.84. The van der Waals surface area contributed by atoms with Crippen molar-refractivity contribution in [3.05, 3.63) is 35.0 Å². The average Bonchev–Trinajstić information content (AvgIpc) is 2.79. The van der Waals surface area contributed by atoms with Crippen molar-refractivity contribution in [3.8, 4) is 10.7 Å². The molecule has 0 unspecified atom stereocenters. The van der Waals surface area contributed by atoms with Gasteiger partial charge in [0.15, 0.2) is 0 Å². The van der Waals surface area contributed by atoms with Crippen LogP contribution < -0.4 is 5.32 Å². The lowest BCUT2D eigenvalue weighted by Crippen LogP contribution is -2.35. The maximum absolute atomic E-state index is 4.84. The van der Waals surface area contributed by atoms with Gasteiger partial charge in [-0.3, -0.25) is 4.98 Å². The predicted octanol–water partition coefficient (Wildman–Crippen LogP) is 4.29. The molecular weight excluding hydrogens is 278 g/mol. The van der Waals surface area contributed by atoms with E-state index in [1.54, 1.807) is 11.3 Å². The molecule has 0 aliphatic carbocycles. The zero-order valence-electron chi connectivity index (χ0n) is 13.6. The number of nitrogens with zero attached hydrogens (tertiary/aromatic N) is 2. The van der Waals surface area contributed by atoms with Crippen LogP contribution in [0.2, 0.25) is 0 Å². The van der Waals surface area contributed by atoms with E-state index in [-0.39, 0.29) is 5.54 Å². The first-order valence-electron chi connectivity index (χ1n) is 7.50. The van der Waals surface area contributed by atoms with Crippen molar-refractivity contribution in [3.63, 3.8) is 0 Å². The van der Waals surface area contributed by atoms with Gasteiger partial charge in [0, 0.05) is 23.2 Å². The summed E-state index contributed by atoms with van der Waals surface area (Å²) in [6, 6.07) is 5.98. The molecule has 0 fully saturated rings. The number of rotatable bonds is 5. The van der Waals surface area contributed by atoms with Crippen LogP contribution in [0.15, 0.2) is 24.4 Å². The fourth-order valence-corrected chi connectivity index (χ4v) is 3.02. The minimum absolute atomic E-state index is 0.115. The van der Waals surface area contributed by atoms with E-state index in [0.717, 1.165) is 23.7 Å². The van der Waals surface area contributed by atoms with Gasteiger partial charge in [0.2, 0.25) is 0 Å². The van der Waals surface area contributed by atoms with Gasteiger partial charge in [0.25, 0.3) is 0 Å². The molecule has 0 amide bonds. The van der Waals surface area contributed by atoms with Crippen LogP contribution in [0.1, 0.15) is 45.2 Å². The quantitative estimate of drug-likeness (QED) is 0.895. The molecule has 0 saturated heterocycles. The van der Waals surface area contributed by atoms with Crippen LogP contribution in [-0.4, -0.2) is 15.5 Å². The minimum atomic E-state index is 0.115. The molecule has 0 aromatic carbocycles. The Labute approximate surface area is 131 Å². The molecule has 0 spiro atoms. The minimum Gasteiger partial charge on any atom is -0.307 e. The Balaban J connectivity index is 2.27. The van der Waals surface area contributed by atoms with E-state index in [1.165, 1.54) is 10.6 Å². The number of hydrogen-bond acceptors (Lipinski definition) is 4. The van der Waals surface area contributed by atoms with Gasteiger partial charge in [-0.05, 0) is 45.2 Å². The van der Waals surface area contributed by atoms with Crippen LogP contribution in [0.4, 0.5) is 0 Å². The Morgan fingerprint density at radius 2 is 2.00 bits per heavy atom. The topological polar surface area (TPSA) is 37.8 Å². The van der Waals surface area contributed by atoms with E-state index in [0.29, 0.717) is 5.92 Å². The molecule has 0 aliphatic heterocycles. The fraction of sp³-hybridized carbons (Fsp3) is 0.529. The van der Waals surface area contributed by atoms with Crippen LogP contribution >= 0.6 is 11.3 Å². The number of hydrogen-bond donors (Lipinski definition) is 1. The molecule has 3 nitrogen and oxygen atoms in total. The monoisotopic (exact) mass is 303 g/mol. The maximum atomic E-state index is 4.84. The molecule has 21 heavy (non-hydrogen) atoms. The highest BCUT2D eigenvalue weighted by Crippen LogP contribution is 2.28. The standard InChI is InChI=1S/C17H25N3S/c1-12(2)10-14-15(11-19-17(3,4)5)21-16(20-14)13-8-6-7-9-18-13/h6-9,12,19H,10-11H2,1-5H3. The summed E-state index contributed by atoms with van der Waals surface area (Å²) < 4.78 is 0. The van der Waals surface area contributed by atoms with E-state index >= 15 is 0 Å². The fourth-order valence-electron chi connectivity index (χ4n) is 2.01. The summed E-state index contributed by atoms with van der Waals surface area (Å²) in [5.74, 6) is 0.608. The summed E-state index contributed by atoms with van der Waals surface area (Å²) in [5, 5.41) is 4.59. The molecule has 0 aliphatic rings. The highest BCUT2D eigenvalue weighted by Gasteiger charge is 2.16. The van der Waals surface area contributed by atoms with Crippen molar-refractivity contribution in [2.75, 3.05) is 0 Å². The van der Waals surface area contributed by atoms with E-state index in [9.17, 15) is 0 Å². The van der Waals surface area contributed by atoms with Crippen LogP contribution in [0.3, 0.4) is 0 Å². The molecule has 0 saturated carbocycles. The second kappa shape index (κ2) is 6.67. The van der Waals surface area contributed by atoms with Crippen LogP contribution in [0.5, 0.6) is 0 Å². The number of aromatic nitrogens is 2. The zero-order chi connectivity index (χ0) is 15.5. The van der Waals surface area contributed by atoms with Crippen molar-refractivity contribution in [2.45, 2.75) is 53.1 Å². The first-order valence-corrected chi connectivity index (χ1v) is 8.32. The molecule has 2 rings (SSSR count). The van der Waals surface area contributed by atoms with E-state index in [4.69, 9.17) is 4.98 Å². The number of nitrogens with one attached hydrogen (secondary N) is 1. The van der Waals surface area contributed by atoms with E-state index < -0.39 is 0 Å². The van der Waals surface area contributed by atoms with E-state index in [2.05, 4.69) is 44.9 Å². The molecule has 0 radical (unpaired) electrons. The van der Waals surface area contributed by atoms with Gasteiger partial charge in [-0.25, -0.2) is 4.98 Å². The molecule has 0 atom stereocenters. The predicted molar refractivity (Wildman–Crippen MR) is 90.5 cm³/mol. The molecule has 4 heteroatoms. The maximum Gasteiger partial charge on any atom is 0.142 e. The van der Waals surface area contributed by atoms with Crippen LogP contribution in [0.25, 0.3) is 10.7 Å². The lowest BCUT2D eigenvalue weighted by Gasteiger charge is -2.20. The van der Waals surface area contributed by atoms with Crippen molar-refractivity contribution < 1.29 is 0 Å². The van der Waals surface area contributed by atoms with Gasteiger partial charge in [-0.15, -0.1) is 11.3 Å². The first kappa shape index (κ1) is 16.1. The molecule has 114 valence electrons. The van der Waals surface area contributed by atoms with Crippen LogP contribution in [-0.2, 0) is 13.0 Å². The second-order valence-electron chi connectivity index (χ2n) is 6.81. The Morgan fingerprint density at radius 3 is 2.57 bits per heavy atom. The van der Waals surface area contributed by atoms with E-state index in [1.807, 2.05) is 24.4 Å². The Hall–Kier alpha value is -1.26. The molecule has 2 aromatic rings. The van der Waals surface area contributed by atoms with Gasteiger partial charge >= 0.3 is 0 Å². The largest absolute Gasteiger partial charge is 0.307 e. The van der Waals surface area contributed by atoms with Crippen molar-refractivity contribution in [2.24, 2.45) is 5.92 Å². The summed E-state index contributed by atoms with van der Waals surface area (Å²) >= 11 is 1.76. The lowest BCUT2D eigenvalue weighted by atomic mass is 10.1. The third-order valence-electron chi connectivity index (χ3n) is 3.04. The highest BCUT2D eigenvalue weighted by molar-refractivity contribution is 7.15. The summed E-state index contributed by atoms with van der Waals surface area (Å²) in [6.45, 7) is 11.9. The van der Waals surface area contributed by atoms with Gasteiger partial charge in [0.05, 0.1) is 11.4 Å². The number of pyridine rings is 1. The normalized spacial score (nSPS) is 12.1. The van der Waals surface area contributed by atoms with Crippen molar-refractivity contribution in [1.82, 2.24) is 15.3 Å². The zero-order valence-corrected chi connectivity index (χ0v) is 14.4. The Bertz CT molecular complexity index is 567. The molecular formula is C17H25N3S. The smallest absolute Gasteiger partial charge is 0.142 e. The average molecular weight is 303 g/mol. The second-order valence-corrected chi connectivity index (χ2v) is 7.89. The molecule has 2 heterocycles. The summed E-state index contributed by atoms with van der Waals surface area (Å²) in [5.41, 5.74) is 2.30. The summed E-state index contributed by atoms with van der Waals surface area (Å²) in [4.78, 5) is 10.6. The Kier molecular flexibility index (Phi) is 5.12. The third kappa shape index (κ3) is 4.90. The first-order chi connectivity index (χ1) is 9.85. The highest BCUT2D eigenvalue weighted by atomic mass is 32.1. The number of thiazole rings is 1. The lowest BCUT2D eigenvalue weighted by molar-refractivity contribution is 0.425. The van der Waals surface area contributed by atoms with Crippen molar-refractivity contribution >= 4 is 11.3 Å². The Morgan fingerprint density at radius 1 is 1.24 bits per heavy atom. The van der Waals surface area contributed by atoms with Gasteiger partial charge < -0.3 is 5.32 Å². The summed E-state index contributed by atoms with van der Waals surface area (Å²) in [7, 11) is 0. The van der Waals surface area contributed by atoms with Gasteiger partial charge in [-0.2, -0.15) is 0 Å². The molecule has 1 N–H and O–H groups in total. The van der Waals surface area contributed by atoms with Gasteiger partial charge in [-0.1, -0.05) is 19.9 Å². The van der Waals surface area contributed by atoms with Crippen molar-refractivity contribution in [1.29, 1.82) is 0 Å². The van der Waals surface area contributed by atoms with Gasteiger partial charge in [0.1, 0.15) is 5.01 Å². The SMILES string of the molecule is CC(C)Cc1nc(-c2ccccn2)sc1CNC(C)(C)C.